The maximum atomic E-state index is 13.6. The number of fused-ring (bicyclic) bond motifs is 3. The lowest BCUT2D eigenvalue weighted by Crippen LogP contribution is -2.50. The number of rotatable bonds is 5. The lowest BCUT2D eigenvalue weighted by molar-refractivity contribution is 0.0393. The highest BCUT2D eigenvalue weighted by Gasteiger charge is 2.27. The van der Waals surface area contributed by atoms with Crippen LogP contribution < -0.4 is 5.56 Å². The molecular weight excluding hydrogens is 442 g/mol. The number of amides is 1. The Hall–Kier alpha value is -2.71. The number of hydrogen-bond acceptors (Lipinski definition) is 5. The maximum absolute atomic E-state index is 13.6. The molecule has 2 saturated heterocycles. The van der Waals surface area contributed by atoms with Crippen molar-refractivity contribution in [3.05, 3.63) is 39.8 Å². The molecule has 35 heavy (non-hydrogen) atoms. The molecule has 2 aromatic heterocycles. The van der Waals surface area contributed by atoms with Crippen LogP contribution in [-0.2, 0) is 11.3 Å². The summed E-state index contributed by atoms with van der Waals surface area (Å²) >= 11 is 0. The number of ether oxygens (including phenoxy) is 1. The van der Waals surface area contributed by atoms with Gasteiger partial charge in [0.2, 0.25) is 0 Å². The van der Waals surface area contributed by atoms with Crippen molar-refractivity contribution < 1.29 is 9.53 Å². The molecule has 8 nitrogen and oxygen atoms in total. The molecule has 1 aromatic carbocycles. The van der Waals surface area contributed by atoms with Crippen molar-refractivity contribution in [3.8, 4) is 0 Å². The molecule has 2 aliphatic heterocycles. The number of aromatic nitrogens is 3. The molecular formula is C27H35N5O3. The Morgan fingerprint density at radius 3 is 2.49 bits per heavy atom. The normalized spacial score (nSPS) is 20.5. The van der Waals surface area contributed by atoms with Crippen LogP contribution in [0.4, 0.5) is 0 Å². The average Bonchev–Trinajstić information content (AvgIpc) is 3.27. The predicted molar refractivity (Wildman–Crippen MR) is 136 cm³/mol. The maximum Gasteiger partial charge on any atom is 0.259 e. The molecule has 6 rings (SSSR count). The van der Waals surface area contributed by atoms with Gasteiger partial charge in [0.05, 0.1) is 22.6 Å². The van der Waals surface area contributed by atoms with E-state index in [-0.39, 0.29) is 11.5 Å². The van der Waals surface area contributed by atoms with Gasteiger partial charge in [0.25, 0.3) is 11.5 Å². The van der Waals surface area contributed by atoms with E-state index in [0.717, 1.165) is 92.9 Å². The molecule has 3 aliphatic rings. The zero-order valence-electron chi connectivity index (χ0n) is 20.6. The summed E-state index contributed by atoms with van der Waals surface area (Å²) in [5, 5.41) is 6.06. The van der Waals surface area contributed by atoms with E-state index in [4.69, 9.17) is 4.74 Å². The fraction of sp³-hybridized carbons (Fsp3) is 0.593. The molecule has 1 saturated carbocycles. The van der Waals surface area contributed by atoms with Crippen molar-refractivity contribution in [1.82, 2.24) is 24.6 Å². The van der Waals surface area contributed by atoms with Crippen LogP contribution in [0.2, 0.25) is 0 Å². The molecule has 0 unspecified atom stereocenters. The van der Waals surface area contributed by atoms with Gasteiger partial charge in [-0.25, -0.2) is 0 Å². The minimum atomic E-state index is -0.119. The van der Waals surface area contributed by atoms with E-state index >= 15 is 0 Å². The molecule has 1 aliphatic carbocycles. The van der Waals surface area contributed by atoms with Crippen molar-refractivity contribution >= 4 is 27.7 Å². The van der Waals surface area contributed by atoms with E-state index in [0.29, 0.717) is 17.2 Å². The number of benzene rings is 1. The smallest absolute Gasteiger partial charge is 0.259 e. The molecule has 8 heteroatoms. The Bertz CT molecular complexity index is 1290. The number of aryl methyl sites for hydroxylation is 1. The van der Waals surface area contributed by atoms with E-state index in [1.165, 1.54) is 19.3 Å². The fourth-order valence-electron chi connectivity index (χ4n) is 5.92. The number of carbonyl (C=O) groups excluding carboxylic acids is 1. The summed E-state index contributed by atoms with van der Waals surface area (Å²) < 4.78 is 7.48. The Balaban J connectivity index is 1.25. The molecule has 0 atom stereocenters. The van der Waals surface area contributed by atoms with Crippen molar-refractivity contribution in [3.63, 3.8) is 0 Å². The van der Waals surface area contributed by atoms with Gasteiger partial charge in [-0.2, -0.15) is 5.10 Å². The number of carbonyl (C=O) groups is 1. The minimum absolute atomic E-state index is 0.0829. The summed E-state index contributed by atoms with van der Waals surface area (Å²) in [5.41, 5.74) is 3.12. The van der Waals surface area contributed by atoms with Crippen LogP contribution in [0.5, 0.6) is 0 Å². The first-order chi connectivity index (χ1) is 17.1. The van der Waals surface area contributed by atoms with E-state index in [2.05, 4.69) is 15.0 Å². The van der Waals surface area contributed by atoms with Crippen LogP contribution in [-0.4, -0.2) is 76.4 Å². The fourth-order valence-corrected chi connectivity index (χ4v) is 5.92. The highest BCUT2D eigenvalue weighted by Crippen LogP contribution is 2.31. The van der Waals surface area contributed by atoms with Gasteiger partial charge in [0.1, 0.15) is 0 Å². The van der Waals surface area contributed by atoms with Crippen LogP contribution in [0.3, 0.4) is 0 Å². The van der Waals surface area contributed by atoms with Gasteiger partial charge < -0.3 is 14.6 Å². The number of nitrogens with zero attached hydrogens (tertiary/aromatic N) is 4. The van der Waals surface area contributed by atoms with Gasteiger partial charge in [-0.3, -0.25) is 19.2 Å². The van der Waals surface area contributed by atoms with Crippen molar-refractivity contribution in [2.45, 2.75) is 45.6 Å². The van der Waals surface area contributed by atoms with E-state index in [1.54, 1.807) is 6.20 Å². The number of hydrogen-bond donors (Lipinski definition) is 1. The first-order valence-electron chi connectivity index (χ1n) is 13.2. The number of aromatic amines is 1. The summed E-state index contributed by atoms with van der Waals surface area (Å²) in [6.07, 6.45) is 7.65. The number of piperazine rings is 1. The second-order valence-electron chi connectivity index (χ2n) is 10.7. The molecule has 3 fully saturated rings. The topological polar surface area (TPSA) is 83.5 Å². The summed E-state index contributed by atoms with van der Waals surface area (Å²) in [6.45, 7) is 8.99. The molecule has 0 spiro atoms. The van der Waals surface area contributed by atoms with Gasteiger partial charge in [-0.15, -0.1) is 0 Å². The van der Waals surface area contributed by atoms with E-state index < -0.39 is 0 Å². The van der Waals surface area contributed by atoms with E-state index in [9.17, 15) is 9.59 Å². The van der Waals surface area contributed by atoms with Crippen molar-refractivity contribution in [1.29, 1.82) is 0 Å². The summed E-state index contributed by atoms with van der Waals surface area (Å²) in [5.74, 6) is 1.42. The molecule has 4 heterocycles. The molecule has 0 radical (unpaired) electrons. The third-order valence-electron chi connectivity index (χ3n) is 8.35. The summed E-state index contributed by atoms with van der Waals surface area (Å²) in [4.78, 5) is 33.8. The third-order valence-corrected chi connectivity index (χ3v) is 8.35. The van der Waals surface area contributed by atoms with Gasteiger partial charge in [-0.1, -0.05) is 6.42 Å². The van der Waals surface area contributed by atoms with Gasteiger partial charge >= 0.3 is 0 Å². The molecule has 1 N–H and O–H groups in total. The quantitative estimate of drug-likeness (QED) is 0.610. The zero-order valence-corrected chi connectivity index (χ0v) is 20.6. The van der Waals surface area contributed by atoms with Crippen LogP contribution in [0, 0.1) is 18.8 Å². The van der Waals surface area contributed by atoms with E-state index in [1.807, 2.05) is 28.6 Å². The lowest BCUT2D eigenvalue weighted by atomic mass is 9.85. The Morgan fingerprint density at radius 2 is 1.77 bits per heavy atom. The number of H-pyrrole nitrogens is 1. The highest BCUT2D eigenvalue weighted by atomic mass is 16.5. The summed E-state index contributed by atoms with van der Waals surface area (Å²) in [7, 11) is 0. The second-order valence-corrected chi connectivity index (χ2v) is 10.7. The van der Waals surface area contributed by atoms with Crippen LogP contribution in [0.1, 0.15) is 48.0 Å². The van der Waals surface area contributed by atoms with Gasteiger partial charge in [0, 0.05) is 63.4 Å². The SMILES string of the molecule is Cc1cc2[nH]c(=O)c3cnn(CC4CCC4)c3c2cc1C(=O)N1CCN(CC2CCOCC2)CC1. The second kappa shape index (κ2) is 9.39. The number of nitrogens with one attached hydrogen (secondary N) is 1. The highest BCUT2D eigenvalue weighted by molar-refractivity contribution is 6.07. The standard InChI is InChI=1S/C27H35N5O3/c1-18-13-24-22(25-23(26(33)29-24)15-28-32(25)17-19-3-2-4-19)14-21(18)27(34)31-9-7-30(8-10-31)16-20-5-11-35-12-6-20/h13-15,19-20H,2-12,16-17H2,1H3,(H,29,33). The first-order valence-corrected chi connectivity index (χ1v) is 13.2. The van der Waals surface area contributed by atoms with Crippen LogP contribution >= 0.6 is 0 Å². The molecule has 186 valence electrons. The van der Waals surface area contributed by atoms with Crippen LogP contribution in [0.25, 0.3) is 21.8 Å². The zero-order chi connectivity index (χ0) is 23.9. The largest absolute Gasteiger partial charge is 0.381 e. The monoisotopic (exact) mass is 477 g/mol. The minimum Gasteiger partial charge on any atom is -0.381 e. The Labute approximate surface area is 205 Å². The summed E-state index contributed by atoms with van der Waals surface area (Å²) in [6, 6.07) is 3.93. The average molecular weight is 478 g/mol. The van der Waals surface area contributed by atoms with Gasteiger partial charge in [0.15, 0.2) is 0 Å². The van der Waals surface area contributed by atoms with Crippen LogP contribution in [0.15, 0.2) is 23.1 Å². The van der Waals surface area contributed by atoms with Crippen molar-refractivity contribution in [2.24, 2.45) is 11.8 Å². The number of pyridine rings is 1. The van der Waals surface area contributed by atoms with Crippen molar-refractivity contribution in [2.75, 3.05) is 45.9 Å². The molecule has 1 amide bonds. The third kappa shape index (κ3) is 4.38. The first kappa shape index (κ1) is 22.7. The van der Waals surface area contributed by atoms with Gasteiger partial charge in [-0.05, 0) is 62.1 Å². The lowest BCUT2D eigenvalue weighted by Gasteiger charge is -2.37. The molecule has 3 aromatic rings. The Morgan fingerprint density at radius 1 is 1.03 bits per heavy atom. The predicted octanol–water partition coefficient (Wildman–Crippen LogP) is 3.17. The Kier molecular flexibility index (Phi) is 6.10. The molecule has 0 bridgehead atoms.